The Morgan fingerprint density at radius 2 is 2.50 bits per heavy atom. The fraction of sp³-hybridized carbons (Fsp3) is 0.889. The van der Waals surface area contributed by atoms with Crippen LogP contribution >= 0.6 is 11.8 Å². The van der Waals surface area contributed by atoms with Gasteiger partial charge in [0.15, 0.2) is 0 Å². The Labute approximate surface area is 90.1 Å². The number of hydrogen-bond acceptors (Lipinski definition) is 3. The lowest BCUT2D eigenvalue weighted by Gasteiger charge is -2.09. The summed E-state index contributed by atoms with van der Waals surface area (Å²) < 4.78 is 0. The third-order valence-electron chi connectivity index (χ3n) is 2.21. The Morgan fingerprint density at radius 1 is 1.64 bits per heavy atom. The molecule has 0 radical (unpaired) electrons. The Bertz CT molecular complexity index is 178. The lowest BCUT2D eigenvalue weighted by molar-refractivity contribution is 0.607. The van der Waals surface area contributed by atoms with Gasteiger partial charge in [0.25, 0.3) is 0 Å². The van der Waals surface area contributed by atoms with Crippen molar-refractivity contribution in [2.75, 3.05) is 24.6 Å². The van der Waals surface area contributed by atoms with E-state index in [-0.39, 0.29) is 0 Å². The van der Waals surface area contributed by atoms with E-state index in [2.05, 4.69) is 22.7 Å². The summed E-state index contributed by atoms with van der Waals surface area (Å²) in [4.78, 5) is 4.42. The van der Waals surface area contributed by atoms with Crippen LogP contribution in [-0.2, 0) is 0 Å². The zero-order valence-corrected chi connectivity index (χ0v) is 9.57. The Hall–Kier alpha value is -0.420. The summed E-state index contributed by atoms with van der Waals surface area (Å²) in [6.07, 6.45) is 2.37. The summed E-state index contributed by atoms with van der Waals surface area (Å²) in [7, 11) is 0. The van der Waals surface area contributed by atoms with Gasteiger partial charge in [-0.1, -0.05) is 6.92 Å². The third-order valence-corrected chi connectivity index (χ3v) is 3.44. The highest BCUT2D eigenvalue weighted by Crippen LogP contribution is 2.23. The number of thioether (sulfide) groups is 1. The maximum atomic E-state index is 5.35. The van der Waals surface area contributed by atoms with Crippen LogP contribution in [0.1, 0.15) is 19.8 Å². The van der Waals surface area contributed by atoms with Gasteiger partial charge >= 0.3 is 0 Å². The number of rotatable bonds is 4. The second-order valence-corrected chi connectivity index (χ2v) is 4.64. The Kier molecular flexibility index (Phi) is 5.78. The summed E-state index contributed by atoms with van der Waals surface area (Å²) in [6.45, 7) is 3.93. The molecule has 0 amide bonds. The number of guanidine groups is 1. The first-order valence-corrected chi connectivity index (χ1v) is 6.35. The number of hydrogen-bond donors (Lipinski definition) is 3. The molecule has 1 heterocycles. The van der Waals surface area contributed by atoms with Gasteiger partial charge < -0.3 is 5.32 Å². The van der Waals surface area contributed by atoms with Gasteiger partial charge in [0.2, 0.25) is 5.96 Å². The van der Waals surface area contributed by atoms with Crippen molar-refractivity contribution >= 4 is 17.7 Å². The van der Waals surface area contributed by atoms with Crippen molar-refractivity contribution in [3.05, 3.63) is 0 Å². The number of nitrogens with one attached hydrogen (secondary N) is 2. The van der Waals surface area contributed by atoms with Crippen LogP contribution < -0.4 is 16.6 Å². The summed E-state index contributed by atoms with van der Waals surface area (Å²) in [5.74, 6) is 9.35. The van der Waals surface area contributed by atoms with E-state index in [9.17, 15) is 0 Å². The molecule has 82 valence electrons. The number of hydrazine groups is 1. The topological polar surface area (TPSA) is 62.4 Å². The van der Waals surface area contributed by atoms with Crippen molar-refractivity contribution in [2.24, 2.45) is 16.8 Å². The second kappa shape index (κ2) is 6.95. The zero-order chi connectivity index (χ0) is 10.2. The van der Waals surface area contributed by atoms with Crippen molar-refractivity contribution < 1.29 is 0 Å². The summed E-state index contributed by atoms with van der Waals surface area (Å²) >= 11 is 2.02. The van der Waals surface area contributed by atoms with Crippen LogP contribution in [0.25, 0.3) is 0 Å². The fourth-order valence-corrected chi connectivity index (χ4v) is 2.62. The van der Waals surface area contributed by atoms with Crippen molar-refractivity contribution in [3.63, 3.8) is 0 Å². The van der Waals surface area contributed by atoms with Crippen molar-refractivity contribution in [1.82, 2.24) is 10.7 Å². The van der Waals surface area contributed by atoms with Crippen LogP contribution in [0.15, 0.2) is 4.99 Å². The predicted molar refractivity (Wildman–Crippen MR) is 63.4 cm³/mol. The lowest BCUT2D eigenvalue weighted by Crippen LogP contribution is -2.42. The van der Waals surface area contributed by atoms with Crippen LogP contribution in [-0.4, -0.2) is 30.6 Å². The molecule has 1 rings (SSSR count). The molecule has 0 bridgehead atoms. The van der Waals surface area contributed by atoms with Gasteiger partial charge in [-0.15, -0.1) is 0 Å². The molecule has 14 heavy (non-hydrogen) atoms. The molecule has 0 saturated carbocycles. The number of aliphatic imine (C=N–C) groups is 1. The van der Waals surface area contributed by atoms with E-state index < -0.39 is 0 Å². The van der Waals surface area contributed by atoms with Crippen molar-refractivity contribution in [3.8, 4) is 0 Å². The molecule has 4 nitrogen and oxygen atoms in total. The fourth-order valence-electron chi connectivity index (χ4n) is 1.34. The molecule has 1 fully saturated rings. The average Bonchev–Trinajstić information content (AvgIpc) is 2.71. The van der Waals surface area contributed by atoms with E-state index in [0.29, 0.717) is 0 Å². The second-order valence-electron chi connectivity index (χ2n) is 3.49. The van der Waals surface area contributed by atoms with Crippen LogP contribution in [0.5, 0.6) is 0 Å². The molecule has 0 spiro atoms. The van der Waals surface area contributed by atoms with Gasteiger partial charge in [0.1, 0.15) is 0 Å². The first-order valence-electron chi connectivity index (χ1n) is 5.19. The molecule has 1 aliphatic rings. The maximum Gasteiger partial charge on any atom is 0.205 e. The summed E-state index contributed by atoms with van der Waals surface area (Å²) in [6, 6.07) is 0. The van der Waals surface area contributed by atoms with Crippen molar-refractivity contribution in [1.29, 1.82) is 0 Å². The summed E-state index contributed by atoms with van der Waals surface area (Å²) in [5.41, 5.74) is 2.59. The highest BCUT2D eigenvalue weighted by Gasteiger charge is 2.14. The first-order chi connectivity index (χ1) is 6.86. The average molecular weight is 216 g/mol. The molecule has 1 saturated heterocycles. The standard InChI is InChI=1S/C9H20N4S/c1-2-4-11-9(13-10)12-6-8-3-5-14-7-8/h8H,2-7,10H2,1H3,(H2,11,12,13). The van der Waals surface area contributed by atoms with E-state index >= 15 is 0 Å². The van der Waals surface area contributed by atoms with Gasteiger partial charge in [0, 0.05) is 13.1 Å². The van der Waals surface area contributed by atoms with Crippen LogP contribution in [0.4, 0.5) is 0 Å². The molecular formula is C9H20N4S. The molecule has 0 aliphatic carbocycles. The van der Waals surface area contributed by atoms with Gasteiger partial charge in [-0.25, -0.2) is 5.84 Å². The molecule has 5 heteroatoms. The van der Waals surface area contributed by atoms with E-state index in [4.69, 9.17) is 5.84 Å². The molecule has 0 aromatic heterocycles. The highest BCUT2D eigenvalue weighted by molar-refractivity contribution is 7.99. The number of nitrogens with two attached hydrogens (primary N) is 1. The largest absolute Gasteiger partial charge is 0.355 e. The van der Waals surface area contributed by atoms with Gasteiger partial charge in [-0.3, -0.25) is 10.4 Å². The van der Waals surface area contributed by atoms with Gasteiger partial charge in [-0.2, -0.15) is 11.8 Å². The minimum Gasteiger partial charge on any atom is -0.355 e. The van der Waals surface area contributed by atoms with Crippen LogP contribution in [0, 0.1) is 5.92 Å². The van der Waals surface area contributed by atoms with E-state index in [1.807, 2.05) is 11.8 Å². The number of nitrogens with zero attached hydrogens (tertiary/aromatic N) is 1. The molecule has 1 aliphatic heterocycles. The maximum absolute atomic E-state index is 5.35. The molecule has 4 N–H and O–H groups in total. The van der Waals surface area contributed by atoms with E-state index in [1.54, 1.807) is 0 Å². The molecular weight excluding hydrogens is 196 g/mol. The normalized spacial score (nSPS) is 22.4. The SMILES string of the molecule is CCCNC(=NCC1CCSC1)NN. The van der Waals surface area contributed by atoms with Gasteiger partial charge in [-0.05, 0) is 30.3 Å². The lowest BCUT2D eigenvalue weighted by atomic mass is 10.1. The minimum absolute atomic E-state index is 0.726. The zero-order valence-electron chi connectivity index (χ0n) is 8.75. The smallest absolute Gasteiger partial charge is 0.205 e. The van der Waals surface area contributed by atoms with E-state index in [0.717, 1.165) is 31.4 Å². The predicted octanol–water partition coefficient (Wildman–Crippen LogP) is 0.558. The van der Waals surface area contributed by atoms with Crippen LogP contribution in [0.3, 0.4) is 0 Å². The summed E-state index contributed by atoms with van der Waals surface area (Å²) in [5, 5.41) is 3.15. The molecule has 0 aromatic carbocycles. The van der Waals surface area contributed by atoms with Gasteiger partial charge in [0.05, 0.1) is 0 Å². The quantitative estimate of drug-likeness (QED) is 0.278. The monoisotopic (exact) mass is 216 g/mol. The van der Waals surface area contributed by atoms with Crippen LogP contribution in [0.2, 0.25) is 0 Å². The third kappa shape index (κ3) is 4.19. The molecule has 1 atom stereocenters. The molecule has 0 aromatic rings. The first kappa shape index (κ1) is 11.7. The minimum atomic E-state index is 0.726. The molecule has 1 unspecified atom stereocenters. The Balaban J connectivity index is 2.23. The Morgan fingerprint density at radius 3 is 3.07 bits per heavy atom. The van der Waals surface area contributed by atoms with Crippen molar-refractivity contribution in [2.45, 2.75) is 19.8 Å². The highest BCUT2D eigenvalue weighted by atomic mass is 32.2. The van der Waals surface area contributed by atoms with E-state index in [1.165, 1.54) is 17.9 Å².